The van der Waals surface area contributed by atoms with Crippen LogP contribution in [0, 0.1) is 11.3 Å². The number of amides is 2. The van der Waals surface area contributed by atoms with Gasteiger partial charge in [-0.2, -0.15) is 0 Å². The average Bonchev–Trinajstić information content (AvgIpc) is 3.06. The molecular weight excluding hydrogens is 371 g/mol. The highest BCUT2D eigenvalue weighted by Crippen LogP contribution is 2.22. The van der Waals surface area contributed by atoms with Crippen LogP contribution in [0.1, 0.15) is 32.9 Å². The summed E-state index contributed by atoms with van der Waals surface area (Å²) >= 11 is 1.35. The molecule has 1 atom stereocenters. The van der Waals surface area contributed by atoms with Crippen LogP contribution >= 0.6 is 36.2 Å². The molecule has 1 saturated heterocycles. The molecule has 1 aliphatic rings. The summed E-state index contributed by atoms with van der Waals surface area (Å²) in [4.78, 5) is 30.3. The Balaban J connectivity index is 0.00000264. The van der Waals surface area contributed by atoms with E-state index in [0.29, 0.717) is 23.3 Å². The van der Waals surface area contributed by atoms with Crippen LogP contribution in [0.15, 0.2) is 5.38 Å². The Labute approximate surface area is 159 Å². The first-order valence-electron chi connectivity index (χ1n) is 7.53. The normalized spacial score (nSPS) is 17.0. The molecule has 9 heteroatoms. The minimum Gasteiger partial charge on any atom is -0.342 e. The van der Waals surface area contributed by atoms with E-state index in [2.05, 4.69) is 10.3 Å². The Kier molecular flexibility index (Phi) is 9.20. The third-order valence-electron chi connectivity index (χ3n) is 3.76. The summed E-state index contributed by atoms with van der Waals surface area (Å²) in [6, 6.07) is 0. The number of halogens is 2. The van der Waals surface area contributed by atoms with Gasteiger partial charge in [-0.1, -0.05) is 20.8 Å². The van der Waals surface area contributed by atoms with Crippen molar-refractivity contribution in [1.82, 2.24) is 9.88 Å². The summed E-state index contributed by atoms with van der Waals surface area (Å²) in [7, 11) is 0. The number of nitrogens with zero attached hydrogens (tertiary/aromatic N) is 2. The van der Waals surface area contributed by atoms with Gasteiger partial charge in [-0.25, -0.2) is 4.98 Å². The molecule has 2 heterocycles. The van der Waals surface area contributed by atoms with E-state index in [0.717, 1.165) is 19.5 Å². The fourth-order valence-corrected chi connectivity index (χ4v) is 2.95. The predicted molar refractivity (Wildman–Crippen MR) is 102 cm³/mol. The van der Waals surface area contributed by atoms with Gasteiger partial charge in [-0.15, -0.1) is 36.2 Å². The highest BCUT2D eigenvalue weighted by molar-refractivity contribution is 7.13. The standard InChI is InChI=1S/C15H24N4O2S.2ClH/c1-15(2,3)13(21)18-14-17-11(9-22-14)6-12(20)19-5-4-10(7-16)8-19;;/h9-10H,4-8,16H2,1-3H3,(H,17,18,21);2*1H. The van der Waals surface area contributed by atoms with Gasteiger partial charge < -0.3 is 16.0 Å². The lowest BCUT2D eigenvalue weighted by atomic mass is 9.96. The number of thiazole rings is 1. The molecule has 2 amide bonds. The number of rotatable bonds is 4. The van der Waals surface area contributed by atoms with Crippen molar-refractivity contribution in [3.05, 3.63) is 11.1 Å². The van der Waals surface area contributed by atoms with E-state index in [-0.39, 0.29) is 43.0 Å². The quantitative estimate of drug-likeness (QED) is 0.816. The van der Waals surface area contributed by atoms with E-state index >= 15 is 0 Å². The van der Waals surface area contributed by atoms with Gasteiger partial charge in [-0.05, 0) is 18.9 Å². The maximum atomic E-state index is 12.2. The number of nitrogens with two attached hydrogens (primary N) is 1. The number of hydrogen-bond acceptors (Lipinski definition) is 5. The summed E-state index contributed by atoms with van der Waals surface area (Å²) in [6.45, 7) is 7.69. The first-order chi connectivity index (χ1) is 10.3. The SMILES string of the molecule is CC(C)(C)C(=O)Nc1nc(CC(=O)N2CCC(CN)C2)cs1.Cl.Cl. The van der Waals surface area contributed by atoms with Crippen molar-refractivity contribution in [2.45, 2.75) is 33.6 Å². The zero-order valence-corrected chi connectivity index (χ0v) is 16.7. The lowest BCUT2D eigenvalue weighted by molar-refractivity contribution is -0.129. The van der Waals surface area contributed by atoms with Crippen molar-refractivity contribution in [3.63, 3.8) is 0 Å². The van der Waals surface area contributed by atoms with Crippen molar-refractivity contribution in [3.8, 4) is 0 Å². The maximum absolute atomic E-state index is 12.2. The van der Waals surface area contributed by atoms with Crippen molar-refractivity contribution >= 4 is 53.1 Å². The summed E-state index contributed by atoms with van der Waals surface area (Å²) in [5, 5.41) is 5.16. The van der Waals surface area contributed by atoms with E-state index in [4.69, 9.17) is 5.73 Å². The van der Waals surface area contributed by atoms with E-state index < -0.39 is 5.41 Å². The van der Waals surface area contributed by atoms with E-state index in [1.165, 1.54) is 11.3 Å². The molecule has 0 radical (unpaired) electrons. The van der Waals surface area contributed by atoms with Crippen LogP contribution in [0.25, 0.3) is 0 Å². The molecule has 24 heavy (non-hydrogen) atoms. The van der Waals surface area contributed by atoms with Gasteiger partial charge in [0.2, 0.25) is 11.8 Å². The molecule has 6 nitrogen and oxygen atoms in total. The van der Waals surface area contributed by atoms with Crippen molar-refractivity contribution in [1.29, 1.82) is 0 Å². The van der Waals surface area contributed by atoms with Crippen molar-refractivity contribution < 1.29 is 9.59 Å². The molecule has 0 bridgehead atoms. The third kappa shape index (κ3) is 6.20. The Morgan fingerprint density at radius 3 is 2.62 bits per heavy atom. The van der Waals surface area contributed by atoms with Gasteiger partial charge >= 0.3 is 0 Å². The van der Waals surface area contributed by atoms with Gasteiger partial charge in [0.15, 0.2) is 5.13 Å². The molecule has 1 aromatic rings. The number of carbonyl (C=O) groups excluding carboxylic acids is 2. The highest BCUT2D eigenvalue weighted by Gasteiger charge is 2.26. The predicted octanol–water partition coefficient (Wildman–Crippen LogP) is 2.32. The number of likely N-dealkylation sites (tertiary alicyclic amines) is 1. The Hall–Kier alpha value is -0.890. The van der Waals surface area contributed by atoms with Crippen molar-refractivity contribution in [2.24, 2.45) is 17.1 Å². The van der Waals surface area contributed by atoms with Gasteiger partial charge in [0.25, 0.3) is 0 Å². The van der Waals surface area contributed by atoms with Gasteiger partial charge in [-0.3, -0.25) is 9.59 Å². The maximum Gasteiger partial charge on any atom is 0.231 e. The van der Waals surface area contributed by atoms with Crippen molar-refractivity contribution in [2.75, 3.05) is 25.0 Å². The molecule has 0 aromatic carbocycles. The average molecular weight is 397 g/mol. The zero-order valence-electron chi connectivity index (χ0n) is 14.2. The number of anilines is 1. The molecule has 0 aliphatic carbocycles. The van der Waals surface area contributed by atoms with Gasteiger partial charge in [0, 0.05) is 23.9 Å². The molecule has 138 valence electrons. The lowest BCUT2D eigenvalue weighted by Crippen LogP contribution is -2.31. The van der Waals surface area contributed by atoms with Crippen LogP contribution in [0.5, 0.6) is 0 Å². The van der Waals surface area contributed by atoms with E-state index in [1.807, 2.05) is 31.1 Å². The summed E-state index contributed by atoms with van der Waals surface area (Å²) in [6.07, 6.45) is 1.26. The second kappa shape index (κ2) is 9.56. The van der Waals surface area contributed by atoms with Gasteiger partial charge in [0.1, 0.15) is 0 Å². The first kappa shape index (κ1) is 23.1. The molecular formula is C15H26Cl2N4O2S. The smallest absolute Gasteiger partial charge is 0.231 e. The van der Waals surface area contributed by atoms with Gasteiger partial charge in [0.05, 0.1) is 12.1 Å². The Bertz CT molecular complexity index is 560. The minimum absolute atomic E-state index is 0. The van der Waals surface area contributed by atoms with Crippen LogP contribution in [0.3, 0.4) is 0 Å². The lowest BCUT2D eigenvalue weighted by Gasteiger charge is -2.16. The largest absolute Gasteiger partial charge is 0.342 e. The molecule has 0 saturated carbocycles. The molecule has 1 unspecified atom stereocenters. The molecule has 1 aliphatic heterocycles. The van der Waals surface area contributed by atoms with Crippen LogP contribution in [-0.2, 0) is 16.0 Å². The van der Waals surface area contributed by atoms with E-state index in [1.54, 1.807) is 0 Å². The van der Waals surface area contributed by atoms with Crippen LogP contribution in [0.4, 0.5) is 5.13 Å². The second-order valence-electron chi connectivity index (χ2n) is 6.76. The fourth-order valence-electron chi connectivity index (χ4n) is 2.25. The Morgan fingerprint density at radius 1 is 1.42 bits per heavy atom. The van der Waals surface area contributed by atoms with Crippen LogP contribution < -0.4 is 11.1 Å². The molecule has 0 spiro atoms. The number of hydrogen-bond donors (Lipinski definition) is 2. The summed E-state index contributed by atoms with van der Waals surface area (Å²) in [5.74, 6) is 0.418. The number of nitrogens with one attached hydrogen (secondary N) is 1. The topological polar surface area (TPSA) is 88.3 Å². The van der Waals surface area contributed by atoms with Crippen LogP contribution in [0.2, 0.25) is 0 Å². The van der Waals surface area contributed by atoms with Crippen LogP contribution in [-0.4, -0.2) is 41.3 Å². The fraction of sp³-hybridized carbons (Fsp3) is 0.667. The zero-order chi connectivity index (χ0) is 16.3. The number of carbonyl (C=O) groups is 2. The minimum atomic E-state index is -0.464. The monoisotopic (exact) mass is 396 g/mol. The Morgan fingerprint density at radius 2 is 2.08 bits per heavy atom. The molecule has 2 rings (SSSR count). The summed E-state index contributed by atoms with van der Waals surface area (Å²) in [5.41, 5.74) is 5.88. The third-order valence-corrected chi connectivity index (χ3v) is 4.56. The van der Waals surface area contributed by atoms with E-state index in [9.17, 15) is 9.59 Å². The first-order valence-corrected chi connectivity index (χ1v) is 8.41. The molecule has 1 aromatic heterocycles. The highest BCUT2D eigenvalue weighted by atomic mass is 35.5. The molecule has 1 fully saturated rings. The second-order valence-corrected chi connectivity index (χ2v) is 7.61. The summed E-state index contributed by atoms with van der Waals surface area (Å²) < 4.78 is 0. The number of aromatic nitrogens is 1. The molecule has 3 N–H and O–H groups in total.